The third-order valence-corrected chi connectivity index (χ3v) is 2.41. The molecule has 0 spiro atoms. The summed E-state index contributed by atoms with van der Waals surface area (Å²) in [6.07, 6.45) is 0.586. The second kappa shape index (κ2) is 6.56. The lowest BCUT2D eigenvalue weighted by Crippen LogP contribution is -2.32. The van der Waals surface area contributed by atoms with Gasteiger partial charge in [-0.1, -0.05) is 29.8 Å². The van der Waals surface area contributed by atoms with Crippen molar-refractivity contribution >= 4 is 0 Å². The zero-order valence-corrected chi connectivity index (χ0v) is 9.11. The summed E-state index contributed by atoms with van der Waals surface area (Å²) in [6, 6.07) is 8.25. The molecule has 0 saturated heterocycles. The number of nitrogens with one attached hydrogen (secondary N) is 1. The maximum absolute atomic E-state index is 9.01. The second-order valence-electron chi connectivity index (χ2n) is 3.76. The molecule has 1 unspecified atom stereocenters. The molecule has 1 aromatic rings. The van der Waals surface area contributed by atoms with Crippen LogP contribution in [0.4, 0.5) is 0 Å². The van der Waals surface area contributed by atoms with Crippen molar-refractivity contribution in [2.45, 2.75) is 25.9 Å². The third-order valence-electron chi connectivity index (χ3n) is 2.41. The molecule has 0 aromatic heterocycles. The molecule has 0 aliphatic carbocycles. The van der Waals surface area contributed by atoms with Crippen molar-refractivity contribution in [3.63, 3.8) is 0 Å². The van der Waals surface area contributed by atoms with Crippen molar-refractivity contribution in [1.29, 1.82) is 0 Å². The van der Waals surface area contributed by atoms with Crippen LogP contribution >= 0.6 is 0 Å². The molecule has 0 fully saturated rings. The Labute approximate surface area is 90.8 Å². The lowest BCUT2D eigenvalue weighted by Gasteiger charge is -2.14. The molecule has 3 heteroatoms. The molecule has 0 heterocycles. The molecule has 1 atom stereocenters. The number of hydrogen-bond donors (Lipinski definition) is 3. The van der Waals surface area contributed by atoms with E-state index in [-0.39, 0.29) is 19.3 Å². The predicted octanol–water partition coefficient (Wildman–Crippen LogP) is 0.828. The fraction of sp³-hybridized carbons (Fsp3) is 0.500. The number of benzene rings is 1. The molecule has 3 N–H and O–H groups in total. The van der Waals surface area contributed by atoms with E-state index < -0.39 is 0 Å². The zero-order valence-electron chi connectivity index (χ0n) is 9.11. The van der Waals surface area contributed by atoms with Crippen LogP contribution in [0.3, 0.4) is 0 Å². The van der Waals surface area contributed by atoms with Crippen molar-refractivity contribution in [3.05, 3.63) is 35.4 Å². The van der Waals surface area contributed by atoms with E-state index in [9.17, 15) is 0 Å². The molecule has 84 valence electrons. The highest BCUT2D eigenvalue weighted by molar-refractivity contribution is 5.21. The SMILES string of the molecule is Cc1ccc(CNC(CO)CCO)cc1. The first kappa shape index (κ1) is 12.2. The summed E-state index contributed by atoms with van der Waals surface area (Å²) < 4.78 is 0. The summed E-state index contributed by atoms with van der Waals surface area (Å²) in [5.74, 6) is 0. The Bertz CT molecular complexity index is 271. The molecule has 3 nitrogen and oxygen atoms in total. The number of aliphatic hydroxyl groups excluding tert-OH is 2. The van der Waals surface area contributed by atoms with E-state index >= 15 is 0 Å². The van der Waals surface area contributed by atoms with Gasteiger partial charge in [0.1, 0.15) is 0 Å². The first-order valence-electron chi connectivity index (χ1n) is 5.27. The minimum atomic E-state index is -0.0173. The molecule has 0 amide bonds. The topological polar surface area (TPSA) is 52.5 Å². The minimum absolute atomic E-state index is 0.0173. The van der Waals surface area contributed by atoms with Crippen LogP contribution in [0.2, 0.25) is 0 Å². The van der Waals surface area contributed by atoms with Crippen molar-refractivity contribution in [3.8, 4) is 0 Å². The largest absolute Gasteiger partial charge is 0.396 e. The summed E-state index contributed by atoms with van der Waals surface area (Å²) in [5, 5.41) is 21.0. The van der Waals surface area contributed by atoms with Crippen molar-refractivity contribution in [2.24, 2.45) is 0 Å². The summed E-state index contributed by atoms with van der Waals surface area (Å²) in [4.78, 5) is 0. The van der Waals surface area contributed by atoms with Gasteiger partial charge in [-0.3, -0.25) is 0 Å². The van der Waals surface area contributed by atoms with Crippen molar-refractivity contribution in [1.82, 2.24) is 5.32 Å². The zero-order chi connectivity index (χ0) is 11.1. The van der Waals surface area contributed by atoms with Gasteiger partial charge in [-0.05, 0) is 18.9 Å². The van der Waals surface area contributed by atoms with E-state index in [2.05, 4.69) is 36.5 Å². The summed E-state index contributed by atoms with van der Waals surface area (Å²) in [7, 11) is 0. The maximum Gasteiger partial charge on any atom is 0.0585 e. The molecule has 0 aliphatic rings. The molecule has 1 aromatic carbocycles. The molecule has 1 rings (SSSR count). The van der Waals surface area contributed by atoms with Gasteiger partial charge in [0.2, 0.25) is 0 Å². The Kier molecular flexibility index (Phi) is 5.32. The van der Waals surface area contributed by atoms with Crippen LogP contribution in [-0.4, -0.2) is 29.5 Å². The average Bonchev–Trinajstić information content (AvgIpc) is 2.26. The standard InChI is InChI=1S/C12H19NO2/c1-10-2-4-11(5-3-10)8-13-12(9-15)6-7-14/h2-5,12-15H,6-9H2,1H3. The van der Waals surface area contributed by atoms with Crippen LogP contribution in [0, 0.1) is 6.92 Å². The van der Waals surface area contributed by atoms with Gasteiger partial charge in [-0.15, -0.1) is 0 Å². The lowest BCUT2D eigenvalue weighted by molar-refractivity contribution is 0.200. The van der Waals surface area contributed by atoms with Crippen LogP contribution in [0.15, 0.2) is 24.3 Å². The van der Waals surface area contributed by atoms with E-state index in [4.69, 9.17) is 10.2 Å². The summed E-state index contributed by atoms with van der Waals surface area (Å²) in [6.45, 7) is 2.95. The smallest absolute Gasteiger partial charge is 0.0585 e. The molecule has 15 heavy (non-hydrogen) atoms. The van der Waals surface area contributed by atoms with Gasteiger partial charge in [0.05, 0.1) is 6.61 Å². The van der Waals surface area contributed by atoms with Crippen LogP contribution in [0.1, 0.15) is 17.5 Å². The third kappa shape index (κ3) is 4.42. The highest BCUT2D eigenvalue weighted by Gasteiger charge is 2.05. The molecule has 0 saturated carbocycles. The predicted molar refractivity (Wildman–Crippen MR) is 60.6 cm³/mol. The van der Waals surface area contributed by atoms with Gasteiger partial charge in [0.15, 0.2) is 0 Å². The lowest BCUT2D eigenvalue weighted by atomic mass is 10.1. The fourth-order valence-corrected chi connectivity index (χ4v) is 1.38. The summed E-state index contributed by atoms with van der Waals surface area (Å²) in [5.41, 5.74) is 2.44. The molecule has 0 radical (unpaired) electrons. The van der Waals surface area contributed by atoms with Gasteiger partial charge < -0.3 is 15.5 Å². The van der Waals surface area contributed by atoms with Crippen LogP contribution in [0.25, 0.3) is 0 Å². The Morgan fingerprint density at radius 2 is 1.87 bits per heavy atom. The number of hydrogen-bond acceptors (Lipinski definition) is 3. The second-order valence-corrected chi connectivity index (χ2v) is 3.76. The number of aliphatic hydroxyl groups is 2. The van der Waals surface area contributed by atoms with E-state index in [0.717, 1.165) is 6.54 Å². The highest BCUT2D eigenvalue weighted by Crippen LogP contribution is 2.03. The van der Waals surface area contributed by atoms with Crippen LogP contribution in [0.5, 0.6) is 0 Å². The molecule has 0 aliphatic heterocycles. The monoisotopic (exact) mass is 209 g/mol. The van der Waals surface area contributed by atoms with Gasteiger partial charge in [-0.2, -0.15) is 0 Å². The van der Waals surface area contributed by atoms with Gasteiger partial charge in [0.25, 0.3) is 0 Å². The van der Waals surface area contributed by atoms with E-state index in [1.54, 1.807) is 0 Å². The minimum Gasteiger partial charge on any atom is -0.396 e. The first-order valence-corrected chi connectivity index (χ1v) is 5.27. The maximum atomic E-state index is 9.01. The highest BCUT2D eigenvalue weighted by atomic mass is 16.3. The van der Waals surface area contributed by atoms with Crippen LogP contribution in [-0.2, 0) is 6.54 Å². The normalized spacial score (nSPS) is 12.7. The van der Waals surface area contributed by atoms with Gasteiger partial charge in [-0.25, -0.2) is 0 Å². The van der Waals surface area contributed by atoms with E-state index in [1.807, 2.05) is 0 Å². The van der Waals surface area contributed by atoms with Crippen LogP contribution < -0.4 is 5.32 Å². The van der Waals surface area contributed by atoms with E-state index in [0.29, 0.717) is 6.42 Å². The van der Waals surface area contributed by atoms with Crippen molar-refractivity contribution in [2.75, 3.05) is 13.2 Å². The Morgan fingerprint density at radius 1 is 1.20 bits per heavy atom. The average molecular weight is 209 g/mol. The first-order chi connectivity index (χ1) is 7.26. The number of aryl methyl sites for hydroxylation is 1. The van der Waals surface area contributed by atoms with Gasteiger partial charge in [0, 0.05) is 19.2 Å². The van der Waals surface area contributed by atoms with E-state index in [1.165, 1.54) is 11.1 Å². The summed E-state index contributed by atoms with van der Waals surface area (Å²) >= 11 is 0. The molecule has 0 bridgehead atoms. The quantitative estimate of drug-likeness (QED) is 0.650. The Morgan fingerprint density at radius 3 is 2.40 bits per heavy atom. The number of rotatable bonds is 6. The molecular formula is C12H19NO2. The fourth-order valence-electron chi connectivity index (χ4n) is 1.38. The van der Waals surface area contributed by atoms with Crippen molar-refractivity contribution < 1.29 is 10.2 Å². The molecular weight excluding hydrogens is 190 g/mol. The Hall–Kier alpha value is -0.900. The van der Waals surface area contributed by atoms with Gasteiger partial charge >= 0.3 is 0 Å². The Balaban J connectivity index is 2.38.